The van der Waals surface area contributed by atoms with Crippen molar-refractivity contribution in [3.05, 3.63) is 76.4 Å². The molecule has 152 valence electrons. The van der Waals surface area contributed by atoms with Gasteiger partial charge in [0.2, 0.25) is 0 Å². The van der Waals surface area contributed by atoms with Gasteiger partial charge in [0.05, 0.1) is 18.9 Å². The first-order valence-corrected chi connectivity index (χ1v) is 10.8. The summed E-state index contributed by atoms with van der Waals surface area (Å²) >= 11 is 6.14. The fourth-order valence-electron chi connectivity index (χ4n) is 3.99. The number of benzene rings is 2. The zero-order valence-electron chi connectivity index (χ0n) is 17.5. The van der Waals surface area contributed by atoms with E-state index >= 15 is 0 Å². The van der Waals surface area contributed by atoms with Crippen molar-refractivity contribution < 1.29 is 4.74 Å². The van der Waals surface area contributed by atoms with Gasteiger partial charge in [-0.2, -0.15) is 0 Å². The molecule has 4 heteroatoms. The predicted molar refractivity (Wildman–Crippen MR) is 121 cm³/mol. The summed E-state index contributed by atoms with van der Waals surface area (Å²) in [6.45, 7) is 11.3. The van der Waals surface area contributed by atoms with Gasteiger partial charge in [-0.3, -0.25) is 4.90 Å². The minimum Gasteiger partial charge on any atom is -0.379 e. The molecule has 1 saturated heterocycles. The summed E-state index contributed by atoms with van der Waals surface area (Å²) < 4.78 is 7.90. The third-order valence-corrected chi connectivity index (χ3v) is 6.06. The van der Waals surface area contributed by atoms with Gasteiger partial charge in [0.1, 0.15) is 0 Å². The standard InChI is InChI=1S/C25H29ClN2O/c1-18(2)20-6-10-24(11-7-20)28-19(3)22(17-27-12-14-29-15-13-27)16-25(28)21-4-8-23(26)9-5-21/h4-11,16,18H,12-15,17H2,1-3H3. The average molecular weight is 409 g/mol. The van der Waals surface area contributed by atoms with Crippen LogP contribution in [0.5, 0.6) is 0 Å². The van der Waals surface area contributed by atoms with E-state index in [2.05, 4.69) is 72.7 Å². The molecule has 1 aliphatic rings. The molecule has 1 aliphatic heterocycles. The van der Waals surface area contributed by atoms with E-state index < -0.39 is 0 Å². The predicted octanol–water partition coefficient (Wildman–Crippen LogP) is 6.06. The highest BCUT2D eigenvalue weighted by atomic mass is 35.5. The molecule has 2 heterocycles. The van der Waals surface area contributed by atoms with Gasteiger partial charge in [0, 0.05) is 36.0 Å². The largest absolute Gasteiger partial charge is 0.379 e. The quantitative estimate of drug-likeness (QED) is 0.510. The van der Waals surface area contributed by atoms with Crippen LogP contribution in [0.15, 0.2) is 54.6 Å². The Kier molecular flexibility index (Phi) is 6.09. The van der Waals surface area contributed by atoms with Gasteiger partial charge in [-0.15, -0.1) is 0 Å². The molecule has 0 bridgehead atoms. The second-order valence-corrected chi connectivity index (χ2v) is 8.55. The van der Waals surface area contributed by atoms with E-state index in [-0.39, 0.29) is 0 Å². The Morgan fingerprint density at radius 2 is 1.62 bits per heavy atom. The number of halogens is 1. The zero-order chi connectivity index (χ0) is 20.4. The van der Waals surface area contributed by atoms with Crippen molar-refractivity contribution in [2.75, 3.05) is 26.3 Å². The Morgan fingerprint density at radius 3 is 2.24 bits per heavy atom. The lowest BCUT2D eigenvalue weighted by Crippen LogP contribution is -2.35. The van der Waals surface area contributed by atoms with E-state index in [9.17, 15) is 0 Å². The first-order valence-electron chi connectivity index (χ1n) is 10.4. The second-order valence-electron chi connectivity index (χ2n) is 8.12. The molecule has 3 nitrogen and oxygen atoms in total. The molecule has 0 unspecified atom stereocenters. The maximum Gasteiger partial charge on any atom is 0.0594 e. The van der Waals surface area contributed by atoms with Crippen molar-refractivity contribution in [1.82, 2.24) is 9.47 Å². The molecule has 0 amide bonds. The van der Waals surface area contributed by atoms with Crippen LogP contribution in [0.25, 0.3) is 16.9 Å². The van der Waals surface area contributed by atoms with Gasteiger partial charge in [0.25, 0.3) is 0 Å². The van der Waals surface area contributed by atoms with Gasteiger partial charge in [-0.25, -0.2) is 0 Å². The van der Waals surface area contributed by atoms with Gasteiger partial charge in [0.15, 0.2) is 0 Å². The first kappa shape index (κ1) is 20.2. The van der Waals surface area contributed by atoms with Crippen molar-refractivity contribution in [1.29, 1.82) is 0 Å². The lowest BCUT2D eigenvalue weighted by molar-refractivity contribution is 0.0341. The van der Waals surface area contributed by atoms with E-state index in [4.69, 9.17) is 16.3 Å². The van der Waals surface area contributed by atoms with E-state index in [1.54, 1.807) is 0 Å². The van der Waals surface area contributed by atoms with Gasteiger partial charge < -0.3 is 9.30 Å². The Hall–Kier alpha value is -2.07. The molecule has 1 fully saturated rings. The van der Waals surface area contributed by atoms with Crippen molar-refractivity contribution in [2.45, 2.75) is 33.2 Å². The van der Waals surface area contributed by atoms with Gasteiger partial charge >= 0.3 is 0 Å². The number of rotatable bonds is 5. The highest BCUT2D eigenvalue weighted by Crippen LogP contribution is 2.31. The molecule has 0 saturated carbocycles. The number of ether oxygens (including phenoxy) is 1. The van der Waals surface area contributed by atoms with Crippen LogP contribution in [-0.2, 0) is 11.3 Å². The van der Waals surface area contributed by atoms with E-state index in [1.165, 1.54) is 33.8 Å². The summed E-state index contributed by atoms with van der Waals surface area (Å²) in [7, 11) is 0. The first-order chi connectivity index (χ1) is 14.0. The number of nitrogens with zero attached hydrogens (tertiary/aromatic N) is 2. The van der Waals surface area contributed by atoms with Crippen molar-refractivity contribution >= 4 is 11.6 Å². The summed E-state index contributed by atoms with van der Waals surface area (Å²) in [5.74, 6) is 0.530. The molecule has 0 spiro atoms. The van der Waals surface area contributed by atoms with E-state index in [1.807, 2.05) is 12.1 Å². The molecule has 2 aromatic carbocycles. The second kappa shape index (κ2) is 8.74. The van der Waals surface area contributed by atoms with Crippen LogP contribution in [0.3, 0.4) is 0 Å². The fourth-order valence-corrected chi connectivity index (χ4v) is 4.12. The maximum atomic E-state index is 6.14. The van der Waals surface area contributed by atoms with Crippen LogP contribution in [0, 0.1) is 6.92 Å². The van der Waals surface area contributed by atoms with Gasteiger partial charge in [-0.05, 0) is 59.9 Å². The Labute approximate surface area is 178 Å². The molecule has 0 atom stereocenters. The molecule has 3 aromatic rings. The number of hydrogen-bond acceptors (Lipinski definition) is 2. The number of hydrogen-bond donors (Lipinski definition) is 0. The summed E-state index contributed by atoms with van der Waals surface area (Å²) in [5, 5.41) is 0.762. The summed E-state index contributed by atoms with van der Waals surface area (Å²) in [5.41, 5.74) is 7.60. The minimum absolute atomic E-state index is 0.530. The van der Waals surface area contributed by atoms with E-state index in [0.29, 0.717) is 5.92 Å². The molecule has 1 aromatic heterocycles. The lowest BCUT2D eigenvalue weighted by atomic mass is 10.0. The number of aromatic nitrogens is 1. The maximum absolute atomic E-state index is 6.14. The van der Waals surface area contributed by atoms with Crippen molar-refractivity contribution in [3.8, 4) is 16.9 Å². The van der Waals surface area contributed by atoms with Crippen LogP contribution in [0.2, 0.25) is 5.02 Å². The normalized spacial score (nSPS) is 15.2. The van der Waals surface area contributed by atoms with Crippen LogP contribution in [0.1, 0.15) is 36.6 Å². The Bertz CT molecular complexity index is 952. The highest BCUT2D eigenvalue weighted by molar-refractivity contribution is 6.30. The SMILES string of the molecule is Cc1c(CN2CCOCC2)cc(-c2ccc(Cl)cc2)n1-c1ccc(C(C)C)cc1. The smallest absolute Gasteiger partial charge is 0.0594 e. The van der Waals surface area contributed by atoms with Crippen LogP contribution >= 0.6 is 11.6 Å². The molecule has 0 N–H and O–H groups in total. The monoisotopic (exact) mass is 408 g/mol. The zero-order valence-corrected chi connectivity index (χ0v) is 18.2. The lowest BCUT2D eigenvalue weighted by Gasteiger charge is -2.26. The summed E-state index contributed by atoms with van der Waals surface area (Å²) in [4.78, 5) is 2.48. The number of morpholine rings is 1. The van der Waals surface area contributed by atoms with Crippen molar-refractivity contribution in [2.24, 2.45) is 0 Å². The molecule has 29 heavy (non-hydrogen) atoms. The third-order valence-electron chi connectivity index (χ3n) is 5.81. The average Bonchev–Trinajstić information content (AvgIpc) is 3.05. The topological polar surface area (TPSA) is 17.4 Å². The van der Waals surface area contributed by atoms with Crippen LogP contribution in [-0.4, -0.2) is 35.8 Å². The molecule has 0 aliphatic carbocycles. The molecule has 0 radical (unpaired) electrons. The molecular formula is C25H29ClN2O. The van der Waals surface area contributed by atoms with E-state index in [0.717, 1.165) is 37.9 Å². The summed E-state index contributed by atoms with van der Waals surface area (Å²) in [6.07, 6.45) is 0. The highest BCUT2D eigenvalue weighted by Gasteiger charge is 2.18. The summed E-state index contributed by atoms with van der Waals surface area (Å²) in [6, 6.07) is 19.4. The Balaban J connectivity index is 1.77. The molecule has 4 rings (SSSR count). The van der Waals surface area contributed by atoms with Crippen LogP contribution < -0.4 is 0 Å². The Morgan fingerprint density at radius 1 is 0.966 bits per heavy atom. The van der Waals surface area contributed by atoms with Gasteiger partial charge in [-0.1, -0.05) is 49.7 Å². The van der Waals surface area contributed by atoms with Crippen molar-refractivity contribution in [3.63, 3.8) is 0 Å². The molecular weight excluding hydrogens is 380 g/mol. The minimum atomic E-state index is 0.530. The van der Waals surface area contributed by atoms with Crippen LogP contribution in [0.4, 0.5) is 0 Å². The third kappa shape index (κ3) is 4.42. The fraction of sp³-hybridized carbons (Fsp3) is 0.360.